The summed E-state index contributed by atoms with van der Waals surface area (Å²) in [6.45, 7) is 1.87. The van der Waals surface area contributed by atoms with E-state index in [0.717, 1.165) is 6.07 Å². The van der Waals surface area contributed by atoms with Crippen molar-refractivity contribution in [1.82, 2.24) is 9.55 Å². The Balaban J connectivity index is 2.63. The van der Waals surface area contributed by atoms with Crippen molar-refractivity contribution < 1.29 is 24.0 Å². The number of carbonyl (C=O) groups is 2. The van der Waals surface area contributed by atoms with Crippen LogP contribution in [0.2, 0.25) is 0 Å². The number of imidazole rings is 1. The minimum atomic E-state index is -0.745. The van der Waals surface area contributed by atoms with Crippen LogP contribution in [0.25, 0.3) is 5.69 Å². The van der Waals surface area contributed by atoms with Gasteiger partial charge in [-0.05, 0) is 13.0 Å². The van der Waals surface area contributed by atoms with Gasteiger partial charge < -0.3 is 14.0 Å². The Hall–Kier alpha value is -2.75. The predicted octanol–water partition coefficient (Wildman–Crippen LogP) is 2.64. The van der Waals surface area contributed by atoms with E-state index in [1.165, 1.54) is 30.1 Å². The molecule has 0 aliphatic heterocycles. The van der Waals surface area contributed by atoms with Crippen LogP contribution in [0.15, 0.2) is 24.5 Å². The molecule has 10 heteroatoms. The van der Waals surface area contributed by atoms with Crippen molar-refractivity contribution in [3.05, 3.63) is 51.6 Å². The van der Waals surface area contributed by atoms with Crippen LogP contribution in [0.1, 0.15) is 33.5 Å². The van der Waals surface area contributed by atoms with Gasteiger partial charge in [0.15, 0.2) is 5.69 Å². The number of hydrogen-bond acceptors (Lipinski definition) is 7. The Labute approximate surface area is 150 Å². The second kappa shape index (κ2) is 7.88. The fraction of sp³-hybridized carbons (Fsp3) is 0.267. The number of halogens is 1. The van der Waals surface area contributed by atoms with Crippen molar-refractivity contribution in [3.8, 4) is 5.69 Å². The van der Waals surface area contributed by atoms with E-state index in [1.54, 1.807) is 6.92 Å². The van der Waals surface area contributed by atoms with Crippen LogP contribution in [-0.2, 0) is 14.8 Å². The Bertz CT molecular complexity index is 833. The molecule has 0 saturated heterocycles. The lowest BCUT2D eigenvalue weighted by molar-refractivity contribution is -0.384. The third-order valence-electron chi connectivity index (χ3n) is 3.32. The molecule has 0 amide bonds. The highest BCUT2D eigenvalue weighted by Gasteiger charge is 2.24. The number of aromatic nitrogens is 2. The minimum absolute atomic E-state index is 0.0216. The molecule has 1 aromatic heterocycles. The molecule has 0 fully saturated rings. The summed E-state index contributed by atoms with van der Waals surface area (Å²) in [6.07, 6.45) is 1.34. The Morgan fingerprint density at radius 2 is 2.08 bits per heavy atom. The van der Waals surface area contributed by atoms with Gasteiger partial charge in [0, 0.05) is 17.5 Å². The molecule has 1 aromatic carbocycles. The number of non-ortho nitro benzene ring substituents is 1. The van der Waals surface area contributed by atoms with Crippen molar-refractivity contribution >= 4 is 33.6 Å². The zero-order valence-corrected chi connectivity index (χ0v) is 15.0. The average Bonchev–Trinajstić information content (AvgIpc) is 3.04. The summed E-state index contributed by atoms with van der Waals surface area (Å²) < 4.78 is 11.1. The van der Waals surface area contributed by atoms with Crippen LogP contribution in [0.5, 0.6) is 0 Å². The second-order valence-electron chi connectivity index (χ2n) is 4.71. The summed E-state index contributed by atoms with van der Waals surface area (Å²) in [5.74, 6) is -1.34. The normalized spacial score (nSPS) is 10.4. The van der Waals surface area contributed by atoms with Crippen molar-refractivity contribution in [2.45, 2.75) is 12.3 Å². The summed E-state index contributed by atoms with van der Waals surface area (Å²) in [4.78, 5) is 38.4. The van der Waals surface area contributed by atoms with Gasteiger partial charge in [-0.1, -0.05) is 15.9 Å². The molecular weight excluding hydrogens is 398 g/mol. The molecule has 0 aliphatic carbocycles. The number of esters is 2. The third kappa shape index (κ3) is 3.68. The maximum absolute atomic E-state index is 12.0. The van der Waals surface area contributed by atoms with Gasteiger partial charge in [-0.15, -0.1) is 0 Å². The average molecular weight is 412 g/mol. The first-order valence-electron chi connectivity index (χ1n) is 7.11. The van der Waals surface area contributed by atoms with Gasteiger partial charge in [-0.25, -0.2) is 14.6 Å². The topological polar surface area (TPSA) is 114 Å². The van der Waals surface area contributed by atoms with Gasteiger partial charge in [0.25, 0.3) is 5.69 Å². The van der Waals surface area contributed by atoms with Crippen molar-refractivity contribution in [2.24, 2.45) is 0 Å². The van der Waals surface area contributed by atoms with Gasteiger partial charge in [-0.3, -0.25) is 10.1 Å². The van der Waals surface area contributed by atoms with E-state index in [-0.39, 0.29) is 28.9 Å². The summed E-state index contributed by atoms with van der Waals surface area (Å²) in [6, 6.07) is 3.76. The van der Waals surface area contributed by atoms with Crippen molar-refractivity contribution in [2.75, 3.05) is 13.7 Å². The van der Waals surface area contributed by atoms with Crippen LogP contribution < -0.4 is 0 Å². The van der Waals surface area contributed by atoms with Crippen LogP contribution in [-0.4, -0.2) is 40.1 Å². The van der Waals surface area contributed by atoms with Gasteiger partial charge in [0.2, 0.25) is 0 Å². The lowest BCUT2D eigenvalue weighted by Gasteiger charge is -2.11. The molecule has 2 aromatic rings. The molecule has 0 atom stereocenters. The number of alkyl halides is 1. The molecule has 132 valence electrons. The minimum Gasteiger partial charge on any atom is -0.465 e. The number of methoxy groups -OCH3 is 1. The van der Waals surface area contributed by atoms with Gasteiger partial charge in [0.1, 0.15) is 6.33 Å². The Morgan fingerprint density at radius 1 is 1.36 bits per heavy atom. The molecule has 0 spiro atoms. The van der Waals surface area contributed by atoms with E-state index in [2.05, 4.69) is 20.9 Å². The molecule has 0 saturated carbocycles. The van der Waals surface area contributed by atoms with Crippen molar-refractivity contribution in [1.29, 1.82) is 0 Å². The van der Waals surface area contributed by atoms with Gasteiger partial charge >= 0.3 is 11.9 Å². The number of rotatable bonds is 6. The monoisotopic (exact) mass is 411 g/mol. The summed E-state index contributed by atoms with van der Waals surface area (Å²) in [5, 5.41) is 11.2. The smallest absolute Gasteiger partial charge is 0.358 e. The largest absolute Gasteiger partial charge is 0.465 e. The maximum atomic E-state index is 12.0. The first-order chi connectivity index (χ1) is 11.9. The molecule has 2 rings (SSSR count). The molecule has 1 heterocycles. The molecule has 0 N–H and O–H groups in total. The van der Waals surface area contributed by atoms with E-state index in [1.807, 2.05) is 0 Å². The quantitative estimate of drug-likeness (QED) is 0.310. The number of carbonyl (C=O) groups excluding carboxylic acids is 2. The SMILES string of the molecule is CCOC(=O)c1ncn(-c2ccc([N+](=O)[O-])cc2C(=O)OC)c1CBr. The van der Waals surface area contributed by atoms with E-state index < -0.39 is 16.9 Å². The fourth-order valence-electron chi connectivity index (χ4n) is 2.20. The van der Waals surface area contributed by atoms with E-state index in [4.69, 9.17) is 9.47 Å². The van der Waals surface area contributed by atoms with Crippen LogP contribution >= 0.6 is 15.9 Å². The zero-order chi connectivity index (χ0) is 18.6. The van der Waals surface area contributed by atoms with E-state index in [0.29, 0.717) is 11.4 Å². The highest BCUT2D eigenvalue weighted by atomic mass is 79.9. The molecule has 9 nitrogen and oxygen atoms in total. The number of ether oxygens (including phenoxy) is 2. The van der Waals surface area contributed by atoms with E-state index in [9.17, 15) is 19.7 Å². The second-order valence-corrected chi connectivity index (χ2v) is 5.27. The number of benzene rings is 1. The number of nitro groups is 1. The first kappa shape index (κ1) is 18.6. The standard InChI is InChI=1S/C15H14BrN3O6/c1-3-25-15(21)13-12(7-16)18(8-17-13)11-5-4-9(19(22)23)6-10(11)14(20)24-2/h4-6,8H,3,7H2,1-2H3. The Morgan fingerprint density at radius 3 is 2.64 bits per heavy atom. The molecule has 0 radical (unpaired) electrons. The zero-order valence-electron chi connectivity index (χ0n) is 13.4. The Kier molecular flexibility index (Phi) is 5.86. The number of nitro benzene ring substituents is 1. The summed E-state index contributed by atoms with van der Waals surface area (Å²) in [5.41, 5.74) is 0.558. The molecule has 0 aliphatic rings. The van der Waals surface area contributed by atoms with Crippen LogP contribution in [0, 0.1) is 10.1 Å². The van der Waals surface area contributed by atoms with Gasteiger partial charge in [-0.2, -0.15) is 0 Å². The lowest BCUT2D eigenvalue weighted by Crippen LogP contribution is -2.12. The fourth-order valence-corrected chi connectivity index (χ4v) is 2.74. The molecule has 0 unspecified atom stereocenters. The maximum Gasteiger partial charge on any atom is 0.358 e. The van der Waals surface area contributed by atoms with Crippen LogP contribution in [0.3, 0.4) is 0 Å². The van der Waals surface area contributed by atoms with Crippen LogP contribution in [0.4, 0.5) is 5.69 Å². The van der Waals surface area contributed by atoms with Crippen molar-refractivity contribution in [3.63, 3.8) is 0 Å². The highest BCUT2D eigenvalue weighted by molar-refractivity contribution is 9.08. The van der Waals surface area contributed by atoms with E-state index >= 15 is 0 Å². The molecular formula is C15H14BrN3O6. The molecule has 0 bridgehead atoms. The lowest BCUT2D eigenvalue weighted by atomic mass is 10.1. The predicted molar refractivity (Wildman–Crippen MR) is 90.1 cm³/mol. The third-order valence-corrected chi connectivity index (χ3v) is 3.85. The highest BCUT2D eigenvalue weighted by Crippen LogP contribution is 2.25. The summed E-state index contributed by atoms with van der Waals surface area (Å²) in [7, 11) is 1.17. The van der Waals surface area contributed by atoms with Gasteiger partial charge in [0.05, 0.1) is 35.6 Å². The first-order valence-corrected chi connectivity index (χ1v) is 8.23. The number of nitrogens with zero attached hydrogens (tertiary/aromatic N) is 3. The summed E-state index contributed by atoms with van der Waals surface area (Å²) >= 11 is 3.28. The number of hydrogen-bond donors (Lipinski definition) is 0. The molecule has 25 heavy (non-hydrogen) atoms.